The van der Waals surface area contributed by atoms with Crippen LogP contribution in [0.2, 0.25) is 0 Å². The minimum atomic E-state index is -4.39. The molecule has 1 N–H and O–H groups in total. The predicted octanol–water partition coefficient (Wildman–Crippen LogP) is 14.0. The minimum Gasteiger partial charge on any atom is -0.462 e. The lowest BCUT2D eigenvalue weighted by Gasteiger charge is -2.24. The van der Waals surface area contributed by atoms with Gasteiger partial charge in [-0.05, 0) is 51.4 Å². The zero-order valence-electron chi connectivity index (χ0n) is 39.2. The highest BCUT2D eigenvalue weighted by molar-refractivity contribution is 7.47. The number of phosphoric acid groups is 1. The van der Waals surface area contributed by atoms with Crippen LogP contribution in [0.15, 0.2) is 60.8 Å². The van der Waals surface area contributed by atoms with Gasteiger partial charge in [0.05, 0.1) is 27.7 Å². The van der Waals surface area contributed by atoms with Crippen LogP contribution in [-0.2, 0) is 32.7 Å². The molecule has 0 bridgehead atoms. The van der Waals surface area contributed by atoms with E-state index in [-0.39, 0.29) is 32.0 Å². The van der Waals surface area contributed by atoms with Gasteiger partial charge in [0, 0.05) is 12.8 Å². The van der Waals surface area contributed by atoms with Crippen molar-refractivity contribution in [1.82, 2.24) is 0 Å². The number of quaternary nitrogens is 1. The third-order valence-corrected chi connectivity index (χ3v) is 11.0. The number of unbranched alkanes of at least 4 members (excludes halogenated alkanes) is 19. The molecule has 0 saturated carbocycles. The first-order valence-corrected chi connectivity index (χ1v) is 25.5. The molecule has 0 aliphatic heterocycles. The van der Waals surface area contributed by atoms with E-state index in [9.17, 15) is 19.0 Å². The van der Waals surface area contributed by atoms with Gasteiger partial charge in [-0.2, -0.15) is 0 Å². The van der Waals surface area contributed by atoms with Crippen molar-refractivity contribution in [3.05, 3.63) is 60.8 Å². The predicted molar refractivity (Wildman–Crippen MR) is 252 cm³/mol. The smallest absolute Gasteiger partial charge is 0.462 e. The van der Waals surface area contributed by atoms with Crippen molar-refractivity contribution < 1.29 is 42.1 Å². The Morgan fingerprint density at radius 3 is 1.40 bits per heavy atom. The number of phosphoric ester groups is 1. The van der Waals surface area contributed by atoms with E-state index in [2.05, 4.69) is 68.5 Å². The molecule has 0 heterocycles. The minimum absolute atomic E-state index is 0.0198. The summed E-state index contributed by atoms with van der Waals surface area (Å²) in [6.07, 6.45) is 51.4. The molecule has 0 aromatic carbocycles. The fraction of sp³-hybridized carbons (Fsp3) is 0.760. The number of carbonyl (C=O) groups is 2. The van der Waals surface area contributed by atoms with Gasteiger partial charge in [0.25, 0.3) is 0 Å². The van der Waals surface area contributed by atoms with E-state index in [1.54, 1.807) is 0 Å². The SMILES string of the molecule is CC/C=C\C/C=C\C/C=C\C/C=C\C/C=C\CCCC(=O)O[C@H](COC(=O)CCCCCCCCCCCCCCCCCCCCC)COP(=O)(O)OCC[N+](C)(C)C. The van der Waals surface area contributed by atoms with Gasteiger partial charge in [0.15, 0.2) is 6.10 Å². The van der Waals surface area contributed by atoms with Crippen molar-refractivity contribution in [3.8, 4) is 0 Å². The average Bonchev–Trinajstić information content (AvgIpc) is 3.20. The molecule has 0 aliphatic rings. The molecule has 0 amide bonds. The van der Waals surface area contributed by atoms with Crippen molar-refractivity contribution in [2.45, 2.75) is 200 Å². The maximum absolute atomic E-state index is 12.7. The molecule has 0 rings (SSSR count). The number of ether oxygens (including phenoxy) is 2. The van der Waals surface area contributed by atoms with Crippen LogP contribution < -0.4 is 0 Å². The molecule has 0 spiro atoms. The summed E-state index contributed by atoms with van der Waals surface area (Å²) < 4.78 is 34.3. The highest BCUT2D eigenvalue weighted by atomic mass is 31.2. The number of rotatable bonds is 43. The topological polar surface area (TPSA) is 108 Å². The molecule has 2 atom stereocenters. The summed E-state index contributed by atoms with van der Waals surface area (Å²) in [4.78, 5) is 35.4. The van der Waals surface area contributed by atoms with Crippen LogP contribution in [0.5, 0.6) is 0 Å². The summed E-state index contributed by atoms with van der Waals surface area (Å²) >= 11 is 0. The molecular weight excluding hydrogens is 774 g/mol. The molecule has 0 aromatic heterocycles. The van der Waals surface area contributed by atoms with Gasteiger partial charge >= 0.3 is 19.8 Å². The van der Waals surface area contributed by atoms with Crippen LogP contribution in [-0.4, -0.2) is 74.9 Å². The summed E-state index contributed by atoms with van der Waals surface area (Å²) in [7, 11) is 1.44. The lowest BCUT2D eigenvalue weighted by Crippen LogP contribution is -2.37. The molecule has 0 fully saturated rings. The Labute approximate surface area is 368 Å². The van der Waals surface area contributed by atoms with Crippen LogP contribution in [0.3, 0.4) is 0 Å². The largest absolute Gasteiger partial charge is 0.472 e. The second-order valence-electron chi connectivity index (χ2n) is 17.1. The standard InChI is InChI=1S/C50H90NO8P/c1-6-8-10-12-14-16-18-20-22-24-25-27-28-30-32-34-36-38-40-42-49(52)56-46-48(47-58-60(54,55)57-45-44-51(3,4)5)59-50(53)43-41-39-37-35-33-31-29-26-23-21-19-17-15-13-11-9-7-2/h9,11,15,17,21,23,29,31,35,37,48H,6-8,10,12-14,16,18-20,22,24-28,30,32-34,36,38-47H2,1-5H3/p+1/b11-9-,17-15-,23-21-,31-29-,37-35-/t48-/m1/s1. The van der Waals surface area contributed by atoms with E-state index in [0.29, 0.717) is 23.9 Å². The lowest BCUT2D eigenvalue weighted by atomic mass is 10.0. The molecular formula is C50H91NO8P+. The van der Waals surface area contributed by atoms with Crippen LogP contribution in [0.25, 0.3) is 0 Å². The van der Waals surface area contributed by atoms with Crippen molar-refractivity contribution in [2.75, 3.05) is 47.5 Å². The van der Waals surface area contributed by atoms with Crippen LogP contribution in [0.4, 0.5) is 0 Å². The Morgan fingerprint density at radius 1 is 0.533 bits per heavy atom. The van der Waals surface area contributed by atoms with Crippen LogP contribution in [0.1, 0.15) is 194 Å². The van der Waals surface area contributed by atoms with E-state index >= 15 is 0 Å². The number of esters is 2. The molecule has 60 heavy (non-hydrogen) atoms. The molecule has 0 radical (unpaired) electrons. The van der Waals surface area contributed by atoms with Crippen molar-refractivity contribution >= 4 is 19.8 Å². The van der Waals surface area contributed by atoms with E-state index in [0.717, 1.165) is 51.4 Å². The molecule has 9 nitrogen and oxygen atoms in total. The van der Waals surface area contributed by atoms with Crippen LogP contribution in [0, 0.1) is 0 Å². The summed E-state index contributed by atoms with van der Waals surface area (Å²) in [6, 6.07) is 0. The Kier molecular flexibility index (Phi) is 40.4. The number of likely N-dealkylation sites (N-methyl/N-ethyl adjacent to an activating group) is 1. The summed E-state index contributed by atoms with van der Waals surface area (Å²) in [6.45, 7) is 4.26. The highest BCUT2D eigenvalue weighted by Gasteiger charge is 2.27. The highest BCUT2D eigenvalue weighted by Crippen LogP contribution is 2.43. The normalized spacial score (nSPS) is 14.0. The quantitative estimate of drug-likeness (QED) is 0.0212. The summed E-state index contributed by atoms with van der Waals surface area (Å²) in [5.41, 5.74) is 0. The molecule has 10 heteroatoms. The lowest BCUT2D eigenvalue weighted by molar-refractivity contribution is -0.870. The van der Waals surface area contributed by atoms with E-state index in [1.165, 1.54) is 103 Å². The van der Waals surface area contributed by atoms with Crippen LogP contribution >= 0.6 is 7.82 Å². The maximum atomic E-state index is 12.7. The van der Waals surface area contributed by atoms with Gasteiger partial charge in [0.1, 0.15) is 19.8 Å². The zero-order valence-corrected chi connectivity index (χ0v) is 40.1. The maximum Gasteiger partial charge on any atom is 0.472 e. The van der Waals surface area contributed by atoms with Gasteiger partial charge in [-0.15, -0.1) is 0 Å². The van der Waals surface area contributed by atoms with Gasteiger partial charge in [-0.3, -0.25) is 18.6 Å². The first-order valence-electron chi connectivity index (χ1n) is 24.0. The van der Waals surface area contributed by atoms with Gasteiger partial charge in [0.2, 0.25) is 0 Å². The fourth-order valence-corrected chi connectivity index (χ4v) is 7.09. The molecule has 0 saturated heterocycles. The Hall–Kier alpha value is -2.29. The van der Waals surface area contributed by atoms with Gasteiger partial charge < -0.3 is 18.9 Å². The third-order valence-electron chi connectivity index (χ3n) is 10.1. The van der Waals surface area contributed by atoms with Crippen molar-refractivity contribution in [1.29, 1.82) is 0 Å². The van der Waals surface area contributed by atoms with E-state index < -0.39 is 26.5 Å². The molecule has 0 aromatic rings. The van der Waals surface area contributed by atoms with E-state index in [1.807, 2.05) is 27.2 Å². The van der Waals surface area contributed by atoms with E-state index in [4.69, 9.17) is 18.5 Å². The molecule has 0 aliphatic carbocycles. The van der Waals surface area contributed by atoms with Gasteiger partial charge in [-0.25, -0.2) is 4.57 Å². The molecule has 1 unspecified atom stereocenters. The number of nitrogens with zero attached hydrogens (tertiary/aromatic N) is 1. The average molecular weight is 865 g/mol. The number of hydrogen-bond donors (Lipinski definition) is 1. The second-order valence-corrected chi connectivity index (χ2v) is 18.6. The fourth-order valence-electron chi connectivity index (χ4n) is 6.34. The number of carbonyl (C=O) groups excluding carboxylic acids is 2. The number of hydrogen-bond acceptors (Lipinski definition) is 7. The summed E-state index contributed by atoms with van der Waals surface area (Å²) in [5, 5.41) is 0. The second kappa shape index (κ2) is 42.0. The monoisotopic (exact) mass is 865 g/mol. The first kappa shape index (κ1) is 57.7. The third kappa shape index (κ3) is 45.2. The van der Waals surface area contributed by atoms with Crippen molar-refractivity contribution in [3.63, 3.8) is 0 Å². The number of allylic oxidation sites excluding steroid dienone is 10. The van der Waals surface area contributed by atoms with Crippen molar-refractivity contribution in [2.24, 2.45) is 0 Å². The Bertz CT molecular complexity index is 1210. The molecule has 348 valence electrons. The Morgan fingerprint density at radius 2 is 0.950 bits per heavy atom. The Balaban J connectivity index is 4.36. The summed E-state index contributed by atoms with van der Waals surface area (Å²) in [5.74, 6) is -0.864. The first-order chi connectivity index (χ1) is 29.0. The van der Waals surface area contributed by atoms with Gasteiger partial charge in [-0.1, -0.05) is 190 Å². The zero-order chi connectivity index (χ0) is 44.3.